The first kappa shape index (κ1) is 14.3. The summed E-state index contributed by atoms with van der Waals surface area (Å²) in [4.78, 5) is 16.1. The molecule has 1 heterocycles. The molecule has 0 saturated heterocycles. The van der Waals surface area contributed by atoms with Gasteiger partial charge in [0.05, 0.1) is 6.20 Å². The molecule has 0 atom stereocenters. The van der Waals surface area contributed by atoms with Gasteiger partial charge in [0.1, 0.15) is 5.75 Å². The van der Waals surface area contributed by atoms with E-state index in [-0.39, 0.29) is 17.8 Å². The maximum absolute atomic E-state index is 12.0. The highest BCUT2D eigenvalue weighted by atomic mass is 16.5. The zero-order valence-electron chi connectivity index (χ0n) is 12.1. The van der Waals surface area contributed by atoms with E-state index in [0.29, 0.717) is 11.3 Å². The lowest BCUT2D eigenvalue weighted by molar-refractivity contribution is 0.0921. The van der Waals surface area contributed by atoms with Gasteiger partial charge in [-0.3, -0.25) is 9.78 Å². The summed E-state index contributed by atoms with van der Waals surface area (Å²) in [6.45, 7) is 6.37. The fourth-order valence-corrected chi connectivity index (χ4v) is 1.76. The third kappa shape index (κ3) is 3.67. The van der Waals surface area contributed by atoms with Crippen LogP contribution in [0.3, 0.4) is 0 Å². The van der Waals surface area contributed by atoms with Gasteiger partial charge < -0.3 is 4.74 Å². The molecule has 0 amide bonds. The van der Waals surface area contributed by atoms with Crippen LogP contribution in [-0.4, -0.2) is 17.4 Å². The zero-order chi connectivity index (χ0) is 14.6. The van der Waals surface area contributed by atoms with Gasteiger partial charge in [0, 0.05) is 11.8 Å². The Morgan fingerprint density at radius 2 is 1.85 bits per heavy atom. The molecule has 20 heavy (non-hydrogen) atoms. The molecule has 104 valence electrons. The highest BCUT2D eigenvalue weighted by Gasteiger charge is 2.15. The van der Waals surface area contributed by atoms with E-state index < -0.39 is 0 Å². The Morgan fingerprint density at radius 3 is 2.50 bits per heavy atom. The van der Waals surface area contributed by atoms with Crippen molar-refractivity contribution in [1.29, 1.82) is 0 Å². The zero-order valence-corrected chi connectivity index (χ0v) is 12.1. The molecule has 0 radical (unpaired) electrons. The smallest absolute Gasteiger partial charge is 0.200 e. The van der Waals surface area contributed by atoms with Crippen LogP contribution in [0.5, 0.6) is 5.75 Å². The van der Waals surface area contributed by atoms with Crippen molar-refractivity contribution in [3.8, 4) is 5.75 Å². The quantitative estimate of drug-likeness (QED) is 0.795. The van der Waals surface area contributed by atoms with Crippen LogP contribution in [-0.2, 0) is 5.41 Å². The molecule has 3 nitrogen and oxygen atoms in total. The Morgan fingerprint density at radius 1 is 1.15 bits per heavy atom. The summed E-state index contributed by atoms with van der Waals surface area (Å²) in [5, 5.41) is 0. The predicted molar refractivity (Wildman–Crippen MR) is 79.2 cm³/mol. The first-order valence-electron chi connectivity index (χ1n) is 6.63. The molecule has 3 heteroatoms. The van der Waals surface area contributed by atoms with Crippen LogP contribution >= 0.6 is 0 Å². The number of pyridine rings is 1. The minimum Gasteiger partial charge on any atom is -0.484 e. The Hall–Kier alpha value is -2.16. The van der Waals surface area contributed by atoms with Gasteiger partial charge >= 0.3 is 0 Å². The number of carbonyl (C=O) groups excluding carboxylic acids is 1. The molecule has 0 spiro atoms. The molecule has 0 saturated carbocycles. The van der Waals surface area contributed by atoms with Crippen molar-refractivity contribution < 1.29 is 9.53 Å². The van der Waals surface area contributed by atoms with Gasteiger partial charge in [0.2, 0.25) is 0 Å². The molecule has 0 fully saturated rings. The maximum Gasteiger partial charge on any atom is 0.200 e. The van der Waals surface area contributed by atoms with E-state index in [4.69, 9.17) is 4.74 Å². The molecule has 2 aromatic rings. The second-order valence-corrected chi connectivity index (χ2v) is 5.74. The number of hydrogen-bond acceptors (Lipinski definition) is 3. The third-order valence-electron chi connectivity index (χ3n) is 3.04. The number of carbonyl (C=O) groups is 1. The molecule has 0 aliphatic heterocycles. The Labute approximate surface area is 119 Å². The summed E-state index contributed by atoms with van der Waals surface area (Å²) in [6.07, 6.45) is 3.46. The lowest BCUT2D eigenvalue weighted by Gasteiger charge is -2.19. The molecule has 0 bridgehead atoms. The van der Waals surface area contributed by atoms with E-state index in [1.807, 2.05) is 30.5 Å². The van der Waals surface area contributed by atoms with E-state index in [0.717, 1.165) is 5.56 Å². The van der Waals surface area contributed by atoms with Crippen LogP contribution in [0.15, 0.2) is 48.8 Å². The summed E-state index contributed by atoms with van der Waals surface area (Å²) in [6, 6.07) is 11.1. The summed E-state index contributed by atoms with van der Waals surface area (Å²) < 4.78 is 5.55. The molecule has 2 rings (SSSR count). The average molecular weight is 269 g/mol. The van der Waals surface area contributed by atoms with Gasteiger partial charge in [-0.15, -0.1) is 0 Å². The second kappa shape index (κ2) is 5.87. The lowest BCUT2D eigenvalue weighted by atomic mass is 9.88. The number of nitrogens with zero attached hydrogens (tertiary/aromatic N) is 1. The first-order valence-corrected chi connectivity index (χ1v) is 6.63. The van der Waals surface area contributed by atoms with Crippen molar-refractivity contribution in [1.82, 2.24) is 4.98 Å². The maximum atomic E-state index is 12.0. The van der Waals surface area contributed by atoms with E-state index in [2.05, 4.69) is 25.8 Å². The van der Waals surface area contributed by atoms with Crippen molar-refractivity contribution in [2.45, 2.75) is 26.2 Å². The van der Waals surface area contributed by atoms with Gasteiger partial charge in [-0.2, -0.15) is 0 Å². The molecule has 1 aromatic heterocycles. The fraction of sp³-hybridized carbons (Fsp3) is 0.294. The Kier molecular flexibility index (Phi) is 4.18. The number of Topliss-reactive ketones (excluding diaryl/α,β-unsaturated/α-hetero) is 1. The number of aromatic nitrogens is 1. The molecule has 0 aliphatic carbocycles. The molecular weight excluding hydrogens is 250 g/mol. The lowest BCUT2D eigenvalue weighted by Crippen LogP contribution is -2.14. The molecular formula is C17H19NO2. The van der Waals surface area contributed by atoms with Crippen LogP contribution in [0.4, 0.5) is 0 Å². The topological polar surface area (TPSA) is 39.2 Å². The largest absolute Gasteiger partial charge is 0.484 e. The normalized spacial score (nSPS) is 11.2. The van der Waals surface area contributed by atoms with Crippen molar-refractivity contribution >= 4 is 5.78 Å². The summed E-state index contributed by atoms with van der Waals surface area (Å²) in [5.41, 5.74) is 1.75. The second-order valence-electron chi connectivity index (χ2n) is 5.74. The van der Waals surface area contributed by atoms with Crippen molar-refractivity contribution in [3.63, 3.8) is 0 Å². The summed E-state index contributed by atoms with van der Waals surface area (Å²) in [7, 11) is 0. The van der Waals surface area contributed by atoms with E-state index >= 15 is 0 Å². The molecule has 0 N–H and O–H groups in total. The van der Waals surface area contributed by atoms with Gasteiger partial charge in [0.25, 0.3) is 0 Å². The highest BCUT2D eigenvalue weighted by molar-refractivity contribution is 5.97. The van der Waals surface area contributed by atoms with Gasteiger partial charge in [-0.25, -0.2) is 0 Å². The van der Waals surface area contributed by atoms with Crippen LogP contribution < -0.4 is 4.74 Å². The predicted octanol–water partition coefficient (Wildman–Crippen LogP) is 3.64. The average Bonchev–Trinajstić information content (AvgIpc) is 2.45. The van der Waals surface area contributed by atoms with Gasteiger partial charge in [-0.1, -0.05) is 51.1 Å². The Balaban J connectivity index is 2.03. The van der Waals surface area contributed by atoms with Gasteiger partial charge in [-0.05, 0) is 17.0 Å². The third-order valence-corrected chi connectivity index (χ3v) is 3.04. The van der Waals surface area contributed by atoms with E-state index in [1.165, 1.54) is 0 Å². The van der Waals surface area contributed by atoms with Crippen LogP contribution in [0, 0.1) is 0 Å². The van der Waals surface area contributed by atoms with Crippen LogP contribution in [0.25, 0.3) is 0 Å². The number of rotatable bonds is 4. The van der Waals surface area contributed by atoms with Crippen molar-refractivity contribution in [2.75, 3.05) is 6.61 Å². The SMILES string of the molecule is CC(C)(C)c1cncc(OCC(=O)c2ccccc2)c1. The van der Waals surface area contributed by atoms with Crippen LogP contribution in [0.2, 0.25) is 0 Å². The molecule has 1 aromatic carbocycles. The standard InChI is InChI=1S/C17H19NO2/c1-17(2,3)14-9-15(11-18-10-14)20-12-16(19)13-7-5-4-6-8-13/h4-11H,12H2,1-3H3. The Bertz CT molecular complexity index is 585. The van der Waals surface area contributed by atoms with Crippen molar-refractivity contribution in [2.24, 2.45) is 0 Å². The van der Waals surface area contributed by atoms with Gasteiger partial charge in [0.15, 0.2) is 12.4 Å². The highest BCUT2D eigenvalue weighted by Crippen LogP contribution is 2.24. The number of benzene rings is 1. The summed E-state index contributed by atoms with van der Waals surface area (Å²) >= 11 is 0. The monoisotopic (exact) mass is 269 g/mol. The minimum absolute atomic E-state index is 0.00973. The van der Waals surface area contributed by atoms with Crippen molar-refractivity contribution in [3.05, 3.63) is 59.9 Å². The van der Waals surface area contributed by atoms with E-state index in [9.17, 15) is 4.79 Å². The number of hydrogen-bond donors (Lipinski definition) is 0. The summed E-state index contributed by atoms with van der Waals surface area (Å²) in [5.74, 6) is 0.591. The molecule has 0 aliphatic rings. The fourth-order valence-electron chi connectivity index (χ4n) is 1.76. The first-order chi connectivity index (χ1) is 9.47. The van der Waals surface area contributed by atoms with E-state index in [1.54, 1.807) is 18.3 Å². The number of ether oxygens (including phenoxy) is 1. The molecule has 0 unspecified atom stereocenters. The van der Waals surface area contributed by atoms with Crippen LogP contribution in [0.1, 0.15) is 36.7 Å². The minimum atomic E-state index is -0.0354. The number of ketones is 1.